The molecule has 0 unspecified atom stereocenters. The lowest BCUT2D eigenvalue weighted by Gasteiger charge is -2.37. The minimum Gasteiger partial charge on any atom is -0.330 e. The van der Waals surface area contributed by atoms with Gasteiger partial charge in [-0.2, -0.15) is 0 Å². The van der Waals surface area contributed by atoms with Crippen LogP contribution in [0.5, 0.6) is 0 Å². The maximum atomic E-state index is 5.88. The Kier molecular flexibility index (Phi) is 16.6. The van der Waals surface area contributed by atoms with Gasteiger partial charge in [0.25, 0.3) is 0 Å². The number of halogens is 6. The third-order valence-electron chi connectivity index (χ3n) is 3.42. The first-order chi connectivity index (χ1) is 11.4. The molecule has 1 fully saturated rings. The molecular weight excluding hydrogens is 437 g/mol. The van der Waals surface area contributed by atoms with Crippen molar-refractivity contribution in [1.29, 1.82) is 0 Å². The molecule has 146 valence electrons. The molecule has 0 aromatic carbocycles. The smallest absolute Gasteiger partial charge is 0.0693 e. The van der Waals surface area contributed by atoms with Crippen molar-refractivity contribution in [1.82, 2.24) is 10.6 Å². The van der Waals surface area contributed by atoms with E-state index in [2.05, 4.69) is 10.6 Å². The Morgan fingerprint density at radius 2 is 0.750 bits per heavy atom. The summed E-state index contributed by atoms with van der Waals surface area (Å²) in [5.41, 5.74) is 10.7. The van der Waals surface area contributed by atoms with E-state index in [1.807, 2.05) is 0 Å². The molecule has 10 heteroatoms. The maximum absolute atomic E-state index is 5.88. The zero-order valence-electron chi connectivity index (χ0n) is 13.5. The van der Waals surface area contributed by atoms with Gasteiger partial charge < -0.3 is 22.1 Å². The van der Waals surface area contributed by atoms with E-state index in [4.69, 9.17) is 81.1 Å². The highest BCUT2D eigenvalue weighted by atomic mass is 35.5. The van der Waals surface area contributed by atoms with Gasteiger partial charge in [0.15, 0.2) is 0 Å². The minimum absolute atomic E-state index is 0.437. The average Bonchev–Trinajstić information content (AvgIpc) is 2.59. The molecule has 1 aliphatic rings. The van der Waals surface area contributed by atoms with Gasteiger partial charge in [-0.15, -0.1) is 69.6 Å². The maximum Gasteiger partial charge on any atom is 0.0693 e. The first-order valence-corrected chi connectivity index (χ1v) is 10.7. The molecule has 1 saturated carbocycles. The number of nitrogens with one attached hydrogen (secondary N) is 2. The van der Waals surface area contributed by atoms with Crippen LogP contribution in [0.25, 0.3) is 0 Å². The Morgan fingerprint density at radius 1 is 0.500 bits per heavy atom. The molecule has 4 nitrogen and oxygen atoms in total. The van der Waals surface area contributed by atoms with Gasteiger partial charge in [-0.1, -0.05) is 0 Å². The van der Waals surface area contributed by atoms with Crippen LogP contribution in [0, 0.1) is 0 Å². The lowest BCUT2D eigenvalue weighted by Crippen LogP contribution is -2.52. The monoisotopic (exact) mass is 462 g/mol. The summed E-state index contributed by atoms with van der Waals surface area (Å²) in [4.78, 5) is 0. The van der Waals surface area contributed by atoms with E-state index < -0.39 is 32.3 Å². The van der Waals surface area contributed by atoms with Crippen LogP contribution in [0.3, 0.4) is 0 Å². The minimum atomic E-state index is -0.437. The number of hydrogen-bond acceptors (Lipinski definition) is 4. The summed E-state index contributed by atoms with van der Waals surface area (Å²) < 4.78 is 0. The second kappa shape index (κ2) is 15.6. The molecule has 24 heavy (non-hydrogen) atoms. The summed E-state index contributed by atoms with van der Waals surface area (Å²) in [5, 5.41) is 3.96. The fraction of sp³-hybridized carbons (Fsp3) is 1.00. The standard InChI is InChI=1S/C8H22N4.C6H6Cl6/c9-3-1-5-11-7-8-12-6-2-4-10;7-1-2(8)4(10)6(12)5(11)3(1)9/h11-12H,1-10H2;1-6H/t;1-,2-,3-,4+,5+,6+. The van der Waals surface area contributed by atoms with E-state index in [0.29, 0.717) is 0 Å². The topological polar surface area (TPSA) is 76.1 Å². The van der Waals surface area contributed by atoms with Crippen molar-refractivity contribution in [2.45, 2.75) is 45.1 Å². The van der Waals surface area contributed by atoms with Crippen molar-refractivity contribution in [2.24, 2.45) is 11.5 Å². The van der Waals surface area contributed by atoms with Crippen molar-refractivity contribution in [2.75, 3.05) is 39.3 Å². The summed E-state index contributed by atoms with van der Waals surface area (Å²) in [6.07, 6.45) is 2.12. The normalized spacial score (nSPS) is 33.0. The van der Waals surface area contributed by atoms with Crippen molar-refractivity contribution < 1.29 is 0 Å². The van der Waals surface area contributed by atoms with E-state index in [-0.39, 0.29) is 0 Å². The van der Waals surface area contributed by atoms with Gasteiger partial charge in [0.2, 0.25) is 0 Å². The van der Waals surface area contributed by atoms with Gasteiger partial charge in [-0.05, 0) is 39.0 Å². The highest BCUT2D eigenvalue weighted by molar-refractivity contribution is 6.45. The van der Waals surface area contributed by atoms with Crippen LogP contribution in [-0.2, 0) is 0 Å². The van der Waals surface area contributed by atoms with Crippen molar-refractivity contribution in [3.63, 3.8) is 0 Å². The Bertz CT molecular complexity index is 234. The van der Waals surface area contributed by atoms with Crippen LogP contribution in [0.4, 0.5) is 0 Å². The first-order valence-electron chi connectivity index (χ1n) is 8.04. The number of hydrogen-bond donors (Lipinski definition) is 4. The Balaban J connectivity index is 0.000000441. The van der Waals surface area contributed by atoms with Crippen LogP contribution < -0.4 is 22.1 Å². The molecule has 0 amide bonds. The van der Waals surface area contributed by atoms with Crippen LogP contribution >= 0.6 is 69.6 Å². The van der Waals surface area contributed by atoms with Crippen LogP contribution in [0.1, 0.15) is 12.8 Å². The van der Waals surface area contributed by atoms with E-state index in [9.17, 15) is 0 Å². The summed E-state index contributed by atoms with van der Waals surface area (Å²) in [5.74, 6) is 0. The van der Waals surface area contributed by atoms with Crippen LogP contribution in [0.15, 0.2) is 0 Å². The third-order valence-corrected chi connectivity index (χ3v) is 7.45. The van der Waals surface area contributed by atoms with E-state index in [1.165, 1.54) is 0 Å². The fourth-order valence-corrected chi connectivity index (χ4v) is 4.26. The number of rotatable bonds is 9. The zero-order chi connectivity index (χ0) is 18.5. The quantitative estimate of drug-likeness (QED) is 0.312. The highest BCUT2D eigenvalue weighted by Gasteiger charge is 2.46. The van der Waals surface area contributed by atoms with E-state index in [0.717, 1.165) is 52.1 Å². The number of alkyl halides is 6. The van der Waals surface area contributed by atoms with Gasteiger partial charge in [-0.25, -0.2) is 0 Å². The lowest BCUT2D eigenvalue weighted by molar-refractivity contribution is 0.544. The number of nitrogens with two attached hydrogens (primary N) is 2. The van der Waals surface area contributed by atoms with Gasteiger partial charge in [0.05, 0.1) is 32.3 Å². The van der Waals surface area contributed by atoms with Crippen LogP contribution in [0.2, 0.25) is 0 Å². The van der Waals surface area contributed by atoms with Gasteiger partial charge >= 0.3 is 0 Å². The summed E-state index contributed by atoms with van der Waals surface area (Å²) in [6.45, 7) is 5.63. The molecule has 1 aliphatic carbocycles. The largest absolute Gasteiger partial charge is 0.330 e. The molecule has 0 atom stereocenters. The fourth-order valence-electron chi connectivity index (χ4n) is 1.93. The van der Waals surface area contributed by atoms with Crippen molar-refractivity contribution in [3.8, 4) is 0 Å². The molecular formula is C14H28Cl6N4. The summed E-state index contributed by atoms with van der Waals surface area (Å²) in [7, 11) is 0. The second-order valence-electron chi connectivity index (χ2n) is 5.45. The Morgan fingerprint density at radius 3 is 0.958 bits per heavy atom. The second-order valence-corrected chi connectivity index (χ2v) is 8.47. The zero-order valence-corrected chi connectivity index (χ0v) is 18.1. The SMILES string of the molecule is Cl[C@H]1[C@H](Cl)[C@@H](Cl)[C@@H](Cl)[C@H](Cl)[C@H]1Cl.NCCCNCCNCCCN. The molecule has 0 aromatic heterocycles. The first kappa shape index (κ1) is 25.6. The third kappa shape index (κ3) is 10.1. The van der Waals surface area contributed by atoms with E-state index in [1.54, 1.807) is 0 Å². The van der Waals surface area contributed by atoms with Gasteiger partial charge in [-0.3, -0.25) is 0 Å². The molecule has 0 heterocycles. The Labute approximate surface area is 175 Å². The molecule has 0 aromatic rings. The predicted octanol–water partition coefficient (Wildman–Crippen LogP) is 2.51. The van der Waals surface area contributed by atoms with Crippen molar-refractivity contribution >= 4 is 69.6 Å². The van der Waals surface area contributed by atoms with Gasteiger partial charge in [0, 0.05) is 13.1 Å². The lowest BCUT2D eigenvalue weighted by atomic mass is 9.97. The summed E-state index contributed by atoms with van der Waals surface area (Å²) in [6, 6.07) is 0. The van der Waals surface area contributed by atoms with Crippen molar-refractivity contribution in [3.05, 3.63) is 0 Å². The average molecular weight is 465 g/mol. The molecule has 0 aliphatic heterocycles. The predicted molar refractivity (Wildman–Crippen MR) is 111 cm³/mol. The molecule has 0 bridgehead atoms. The van der Waals surface area contributed by atoms with Crippen LogP contribution in [-0.4, -0.2) is 71.5 Å². The summed E-state index contributed by atoms with van der Waals surface area (Å²) >= 11 is 35.3. The molecule has 6 N–H and O–H groups in total. The molecule has 0 radical (unpaired) electrons. The Hall–Kier alpha value is 1.58. The molecule has 0 spiro atoms. The van der Waals surface area contributed by atoms with Gasteiger partial charge in [0.1, 0.15) is 0 Å². The van der Waals surface area contributed by atoms with E-state index >= 15 is 0 Å². The highest BCUT2D eigenvalue weighted by Crippen LogP contribution is 2.39. The molecule has 0 saturated heterocycles. The molecule has 1 rings (SSSR count).